The van der Waals surface area contributed by atoms with Crippen molar-refractivity contribution in [2.45, 2.75) is 12.3 Å². The van der Waals surface area contributed by atoms with Gasteiger partial charge in [0.1, 0.15) is 11.6 Å². The number of carbonyl (C=O) groups is 1. The van der Waals surface area contributed by atoms with Crippen LogP contribution in [0.1, 0.15) is 33.8 Å². The molecule has 0 heterocycles. The molecule has 0 aliphatic rings. The number of hydrogen-bond donors (Lipinski definition) is 0. The third kappa shape index (κ3) is 6.01. The molecule has 29 heavy (non-hydrogen) atoms. The smallest absolute Gasteiger partial charge is 0.163 e. The molecule has 3 aromatic rings. The van der Waals surface area contributed by atoms with Gasteiger partial charge in [0.2, 0.25) is 0 Å². The van der Waals surface area contributed by atoms with Gasteiger partial charge in [-0.3, -0.25) is 4.79 Å². The molecule has 0 spiro atoms. The van der Waals surface area contributed by atoms with E-state index < -0.39 is 0 Å². The Morgan fingerprint density at radius 2 is 1.62 bits per heavy atom. The molecule has 0 aromatic heterocycles. The van der Waals surface area contributed by atoms with Crippen LogP contribution in [0.15, 0.2) is 97.1 Å². The van der Waals surface area contributed by atoms with E-state index in [4.69, 9.17) is 4.74 Å². The fourth-order valence-electron chi connectivity index (χ4n) is 3.03. The van der Waals surface area contributed by atoms with E-state index in [1.165, 1.54) is 12.1 Å². The summed E-state index contributed by atoms with van der Waals surface area (Å²) >= 11 is 0. The molecule has 1 unspecified atom stereocenters. The normalized spacial score (nSPS) is 12.3. The SMILES string of the molecule is COc1ccc(/C=C/C=C/C(CC(=O)c2ccccc2)c2ccc(F)cc2)cc1. The van der Waals surface area contributed by atoms with Crippen LogP contribution in [-0.4, -0.2) is 12.9 Å². The Morgan fingerprint density at radius 1 is 0.931 bits per heavy atom. The van der Waals surface area contributed by atoms with Crippen LogP contribution >= 0.6 is 0 Å². The number of carbonyl (C=O) groups excluding carboxylic acids is 1. The van der Waals surface area contributed by atoms with Gasteiger partial charge in [-0.25, -0.2) is 4.39 Å². The summed E-state index contributed by atoms with van der Waals surface area (Å²) in [5, 5.41) is 0. The molecular formula is C26H23FO2. The number of ether oxygens (including phenoxy) is 1. The van der Waals surface area contributed by atoms with Crippen molar-refractivity contribution in [3.63, 3.8) is 0 Å². The second-order valence-corrected chi connectivity index (χ2v) is 6.67. The Hall–Kier alpha value is -3.46. The number of rotatable bonds is 8. The summed E-state index contributed by atoms with van der Waals surface area (Å²) in [6, 6.07) is 23.3. The van der Waals surface area contributed by atoms with Crippen molar-refractivity contribution in [3.8, 4) is 5.75 Å². The van der Waals surface area contributed by atoms with Gasteiger partial charge in [-0.1, -0.05) is 78.9 Å². The Labute approximate surface area is 171 Å². The molecule has 1 atom stereocenters. The molecular weight excluding hydrogens is 363 g/mol. The standard InChI is InChI=1S/C26H23FO2/c1-29-25-17-11-20(12-18-25)7-5-6-10-23(21-13-15-24(27)16-14-21)19-26(28)22-8-3-2-4-9-22/h2-18,23H,19H2,1H3/b7-5+,10-6+. The van der Waals surface area contributed by atoms with Crippen LogP contribution in [0.4, 0.5) is 4.39 Å². The molecule has 3 aromatic carbocycles. The summed E-state index contributed by atoms with van der Waals surface area (Å²) in [5.41, 5.74) is 2.64. The molecule has 0 saturated carbocycles. The molecule has 0 fully saturated rings. The van der Waals surface area contributed by atoms with Crippen LogP contribution in [0.2, 0.25) is 0 Å². The van der Waals surface area contributed by atoms with E-state index in [2.05, 4.69) is 0 Å². The minimum atomic E-state index is -0.287. The largest absolute Gasteiger partial charge is 0.497 e. The van der Waals surface area contributed by atoms with Crippen LogP contribution in [-0.2, 0) is 0 Å². The molecule has 3 rings (SSSR count). The zero-order valence-corrected chi connectivity index (χ0v) is 16.3. The van der Waals surface area contributed by atoms with Crippen molar-refractivity contribution in [1.82, 2.24) is 0 Å². The van der Waals surface area contributed by atoms with Crippen molar-refractivity contribution in [2.75, 3.05) is 7.11 Å². The quantitative estimate of drug-likeness (QED) is 0.328. The van der Waals surface area contributed by atoms with Gasteiger partial charge in [0, 0.05) is 17.9 Å². The Bertz CT molecular complexity index is 971. The molecule has 0 aliphatic heterocycles. The highest BCUT2D eigenvalue weighted by Gasteiger charge is 2.14. The van der Waals surface area contributed by atoms with Crippen molar-refractivity contribution < 1.29 is 13.9 Å². The van der Waals surface area contributed by atoms with Gasteiger partial charge < -0.3 is 4.74 Å². The van der Waals surface area contributed by atoms with E-state index >= 15 is 0 Å². The summed E-state index contributed by atoms with van der Waals surface area (Å²) in [6.07, 6.45) is 8.15. The number of hydrogen-bond acceptors (Lipinski definition) is 2. The lowest BCUT2D eigenvalue weighted by Crippen LogP contribution is -2.06. The van der Waals surface area contributed by atoms with Crippen molar-refractivity contribution in [1.29, 1.82) is 0 Å². The maximum absolute atomic E-state index is 13.3. The zero-order chi connectivity index (χ0) is 20.5. The average molecular weight is 386 g/mol. The summed E-state index contributed by atoms with van der Waals surface area (Å²) in [5.74, 6) is 0.450. The average Bonchev–Trinajstić information content (AvgIpc) is 2.77. The van der Waals surface area contributed by atoms with Crippen LogP contribution in [0.25, 0.3) is 6.08 Å². The second-order valence-electron chi connectivity index (χ2n) is 6.67. The first-order chi connectivity index (χ1) is 14.2. The van der Waals surface area contributed by atoms with E-state index in [-0.39, 0.29) is 17.5 Å². The lowest BCUT2D eigenvalue weighted by molar-refractivity contribution is 0.0978. The molecule has 0 N–H and O–H groups in total. The highest BCUT2D eigenvalue weighted by molar-refractivity contribution is 5.96. The third-order valence-electron chi connectivity index (χ3n) is 4.66. The lowest BCUT2D eigenvalue weighted by Gasteiger charge is -2.12. The van der Waals surface area contributed by atoms with E-state index in [1.54, 1.807) is 19.2 Å². The molecule has 0 radical (unpaired) electrons. The Morgan fingerprint density at radius 3 is 2.28 bits per heavy atom. The Kier molecular flexibility index (Phi) is 7.12. The molecule has 3 heteroatoms. The Balaban J connectivity index is 1.75. The second kappa shape index (κ2) is 10.2. The number of allylic oxidation sites excluding steroid dienone is 3. The van der Waals surface area contributed by atoms with E-state index in [0.29, 0.717) is 12.0 Å². The van der Waals surface area contributed by atoms with E-state index in [0.717, 1.165) is 16.9 Å². The highest BCUT2D eigenvalue weighted by atomic mass is 19.1. The van der Waals surface area contributed by atoms with Gasteiger partial charge in [0.25, 0.3) is 0 Å². The monoisotopic (exact) mass is 386 g/mol. The lowest BCUT2D eigenvalue weighted by atomic mass is 9.91. The summed E-state index contributed by atoms with van der Waals surface area (Å²) < 4.78 is 18.5. The predicted molar refractivity (Wildman–Crippen MR) is 116 cm³/mol. The summed E-state index contributed by atoms with van der Waals surface area (Å²) in [4.78, 5) is 12.7. The summed E-state index contributed by atoms with van der Waals surface area (Å²) in [6.45, 7) is 0. The minimum Gasteiger partial charge on any atom is -0.497 e. The van der Waals surface area contributed by atoms with Crippen LogP contribution < -0.4 is 4.74 Å². The third-order valence-corrected chi connectivity index (χ3v) is 4.66. The van der Waals surface area contributed by atoms with Crippen molar-refractivity contribution >= 4 is 11.9 Å². The molecule has 0 amide bonds. The van der Waals surface area contributed by atoms with Gasteiger partial charge in [0.05, 0.1) is 7.11 Å². The van der Waals surface area contributed by atoms with Gasteiger partial charge in [0.15, 0.2) is 5.78 Å². The first kappa shape index (κ1) is 20.3. The van der Waals surface area contributed by atoms with Crippen LogP contribution in [0.5, 0.6) is 5.75 Å². The molecule has 0 saturated heterocycles. The molecule has 0 aliphatic carbocycles. The molecule has 146 valence electrons. The topological polar surface area (TPSA) is 26.3 Å². The van der Waals surface area contributed by atoms with E-state index in [1.807, 2.05) is 78.9 Å². The van der Waals surface area contributed by atoms with Crippen LogP contribution in [0.3, 0.4) is 0 Å². The number of methoxy groups -OCH3 is 1. The van der Waals surface area contributed by atoms with Crippen LogP contribution in [0, 0.1) is 5.82 Å². The number of benzene rings is 3. The van der Waals surface area contributed by atoms with Crippen molar-refractivity contribution in [2.24, 2.45) is 0 Å². The van der Waals surface area contributed by atoms with Gasteiger partial charge in [-0.15, -0.1) is 0 Å². The fourth-order valence-corrected chi connectivity index (χ4v) is 3.03. The van der Waals surface area contributed by atoms with Gasteiger partial charge in [-0.2, -0.15) is 0 Å². The molecule has 0 bridgehead atoms. The highest BCUT2D eigenvalue weighted by Crippen LogP contribution is 2.24. The van der Waals surface area contributed by atoms with Gasteiger partial charge >= 0.3 is 0 Å². The predicted octanol–water partition coefficient (Wildman–Crippen LogP) is 6.46. The zero-order valence-electron chi connectivity index (χ0n) is 16.3. The summed E-state index contributed by atoms with van der Waals surface area (Å²) in [7, 11) is 1.64. The fraction of sp³-hybridized carbons (Fsp3) is 0.115. The molecule has 2 nitrogen and oxygen atoms in total. The number of halogens is 1. The first-order valence-corrected chi connectivity index (χ1v) is 9.48. The maximum atomic E-state index is 13.3. The van der Waals surface area contributed by atoms with E-state index in [9.17, 15) is 9.18 Å². The number of Topliss-reactive ketones (excluding diaryl/α,β-unsaturated/α-hetero) is 1. The minimum absolute atomic E-state index is 0.0590. The maximum Gasteiger partial charge on any atom is 0.163 e. The first-order valence-electron chi connectivity index (χ1n) is 9.48. The number of ketones is 1. The van der Waals surface area contributed by atoms with Gasteiger partial charge in [-0.05, 0) is 35.4 Å². The van der Waals surface area contributed by atoms with Crippen molar-refractivity contribution in [3.05, 3.63) is 120 Å².